The number of amides is 1. The van der Waals surface area contributed by atoms with Crippen molar-refractivity contribution in [3.8, 4) is 0 Å². The Kier molecular flexibility index (Phi) is 24.8. The quantitative estimate of drug-likeness (QED) is 0.0389. The molecule has 8 aromatic carbocycles. The molecule has 1 amide bonds. The number of rotatable bonds is 33. The topological polar surface area (TPSA) is 151 Å². The molecular formula is C76H84N2O13. The van der Waals surface area contributed by atoms with Crippen LogP contribution in [0.1, 0.15) is 65.3 Å². The molecule has 0 saturated carbocycles. The SMILES string of the molecule is CC(C)(C)OC(=O)COC[C@H]1O[C@H](O[C@]2(COCc3ccccc3)O[C@H](CN(CC(=O)NCc3ccccc3)Cc3ccccc3)[C@@H](OCc3ccccc3)[C@@H]2OCc2ccccc2)[C@H](OCc2ccccc2)[C@@H](OCc2ccccc2)[C@@H]1OCc1ccccc1. The van der Waals surface area contributed by atoms with Crippen LogP contribution < -0.4 is 5.32 Å². The third-order valence-corrected chi connectivity index (χ3v) is 15.5. The van der Waals surface area contributed by atoms with Gasteiger partial charge in [0.25, 0.3) is 0 Å². The van der Waals surface area contributed by atoms with E-state index >= 15 is 0 Å². The third kappa shape index (κ3) is 20.6. The van der Waals surface area contributed by atoms with E-state index in [4.69, 9.17) is 52.1 Å². The van der Waals surface area contributed by atoms with Gasteiger partial charge in [0.05, 0.1) is 52.8 Å². The summed E-state index contributed by atoms with van der Waals surface area (Å²) in [7, 11) is 0. The average molecular weight is 1230 g/mol. The zero-order chi connectivity index (χ0) is 62.9. The first-order chi connectivity index (χ1) is 44.5. The van der Waals surface area contributed by atoms with Crippen LogP contribution in [0.15, 0.2) is 243 Å². The normalized spacial score (nSPS) is 21.5. The van der Waals surface area contributed by atoms with Gasteiger partial charge in [-0.05, 0) is 65.3 Å². The van der Waals surface area contributed by atoms with Crippen molar-refractivity contribution in [1.29, 1.82) is 0 Å². The lowest BCUT2D eigenvalue weighted by Gasteiger charge is -2.48. The van der Waals surface area contributed by atoms with Gasteiger partial charge in [-0.3, -0.25) is 9.69 Å². The van der Waals surface area contributed by atoms with Gasteiger partial charge in [-0.1, -0.05) is 243 Å². The molecule has 2 heterocycles. The van der Waals surface area contributed by atoms with E-state index in [-0.39, 0.29) is 78.5 Å². The second kappa shape index (κ2) is 34.1. The van der Waals surface area contributed by atoms with Gasteiger partial charge in [0, 0.05) is 19.6 Å². The molecule has 2 aliphatic rings. The van der Waals surface area contributed by atoms with Gasteiger partial charge in [-0.15, -0.1) is 0 Å². The molecule has 2 fully saturated rings. The van der Waals surface area contributed by atoms with Crippen molar-refractivity contribution in [2.75, 3.05) is 32.9 Å². The van der Waals surface area contributed by atoms with Gasteiger partial charge in [0.2, 0.25) is 11.7 Å². The van der Waals surface area contributed by atoms with Crippen LogP contribution in [0.4, 0.5) is 0 Å². The molecule has 1 N–H and O–H groups in total. The van der Waals surface area contributed by atoms with Gasteiger partial charge in [-0.2, -0.15) is 0 Å². The number of carbonyl (C=O) groups excluding carboxylic acids is 2. The summed E-state index contributed by atoms with van der Waals surface area (Å²) in [5, 5.41) is 3.16. The standard InChI is InChI=1S/C76H84N2O13/c1-75(2,3)90-68(80)55-81-54-66-69(83-49-60-34-18-7-19-35-60)71(85-51-62-38-22-9-23-39-62)72(86-52-63-40-24-10-25-41-63)74(88-66)91-76(56-82-48-59-32-16-6-17-33-59)73(87-53-64-42-26-11-27-43-64)70(84-50-61-36-20-8-21-37-61)65(89-76)46-78(45-58-30-14-5-15-31-58)47-67(79)77-44-57-28-12-4-13-29-57/h4-43,65-66,69-74H,44-56H2,1-3H3,(H,77,79)/t65-,66-,69-,70-,71+,72-,73+,74-,76+/m1/s1. The number of carbonyl (C=O) groups is 2. The fraction of sp³-hybridized carbons (Fsp3) is 0.342. The average Bonchev–Trinajstić information content (AvgIpc) is 1.74. The molecule has 15 nitrogen and oxygen atoms in total. The molecule has 476 valence electrons. The van der Waals surface area contributed by atoms with Crippen LogP contribution in [0.2, 0.25) is 0 Å². The summed E-state index contributed by atoms with van der Waals surface area (Å²) in [6.45, 7) is 6.48. The molecule has 0 radical (unpaired) electrons. The van der Waals surface area contributed by atoms with Gasteiger partial charge in [0.1, 0.15) is 61.5 Å². The van der Waals surface area contributed by atoms with E-state index in [1.807, 2.05) is 263 Å². The number of nitrogens with one attached hydrogen (secondary N) is 1. The summed E-state index contributed by atoms with van der Waals surface area (Å²) >= 11 is 0. The van der Waals surface area contributed by atoms with E-state index < -0.39 is 66.4 Å². The summed E-state index contributed by atoms with van der Waals surface area (Å²) in [5.74, 6) is -2.61. The number of nitrogens with zero attached hydrogens (tertiary/aromatic N) is 1. The maximum atomic E-state index is 14.3. The Morgan fingerprint density at radius 1 is 0.462 bits per heavy atom. The van der Waals surface area contributed by atoms with Crippen molar-refractivity contribution < 1.29 is 61.7 Å². The Morgan fingerprint density at radius 3 is 1.34 bits per heavy atom. The van der Waals surface area contributed by atoms with E-state index in [1.54, 1.807) is 0 Å². The van der Waals surface area contributed by atoms with Crippen LogP contribution in [0.25, 0.3) is 0 Å². The van der Waals surface area contributed by atoms with Crippen LogP contribution in [0.3, 0.4) is 0 Å². The zero-order valence-corrected chi connectivity index (χ0v) is 52.2. The highest BCUT2D eigenvalue weighted by Gasteiger charge is 2.62. The Labute approximate surface area is 535 Å². The molecule has 2 saturated heterocycles. The zero-order valence-electron chi connectivity index (χ0n) is 52.2. The lowest BCUT2D eigenvalue weighted by atomic mass is 9.97. The van der Waals surface area contributed by atoms with E-state index in [2.05, 4.69) is 10.2 Å². The van der Waals surface area contributed by atoms with Crippen molar-refractivity contribution in [3.05, 3.63) is 287 Å². The van der Waals surface area contributed by atoms with Crippen molar-refractivity contribution >= 4 is 11.9 Å². The van der Waals surface area contributed by atoms with Crippen LogP contribution >= 0.6 is 0 Å². The summed E-state index contributed by atoms with van der Waals surface area (Å²) in [5.41, 5.74) is 6.63. The number of benzene rings is 8. The lowest BCUT2D eigenvalue weighted by molar-refractivity contribution is -0.398. The summed E-state index contributed by atoms with van der Waals surface area (Å²) in [6, 6.07) is 79.2. The largest absolute Gasteiger partial charge is 0.458 e. The van der Waals surface area contributed by atoms with E-state index in [1.165, 1.54) is 0 Å². The minimum atomic E-state index is -1.88. The molecule has 10 rings (SSSR count). The highest BCUT2D eigenvalue weighted by atomic mass is 16.8. The Balaban J connectivity index is 1.09. The van der Waals surface area contributed by atoms with Crippen molar-refractivity contribution in [1.82, 2.24) is 10.2 Å². The summed E-state index contributed by atoms with van der Waals surface area (Å²) < 4.78 is 77.8. The Bertz CT molecular complexity index is 3360. The predicted octanol–water partition coefficient (Wildman–Crippen LogP) is 12.1. The molecular weight excluding hydrogens is 1150 g/mol. The van der Waals surface area contributed by atoms with Crippen LogP contribution in [0.5, 0.6) is 0 Å². The smallest absolute Gasteiger partial charge is 0.332 e. The first kappa shape index (κ1) is 66.2. The second-order valence-electron chi connectivity index (χ2n) is 23.9. The minimum absolute atomic E-state index is 0.0117. The Hall–Kier alpha value is -7.74. The maximum absolute atomic E-state index is 14.3. The number of ether oxygens (including phenoxy) is 11. The Morgan fingerprint density at radius 2 is 0.868 bits per heavy atom. The number of hydrogen-bond donors (Lipinski definition) is 1. The molecule has 9 atom stereocenters. The first-order valence-corrected chi connectivity index (χ1v) is 31.3. The van der Waals surface area contributed by atoms with Crippen molar-refractivity contribution in [2.24, 2.45) is 0 Å². The fourth-order valence-electron chi connectivity index (χ4n) is 11.2. The predicted molar refractivity (Wildman–Crippen MR) is 345 cm³/mol. The molecule has 15 heteroatoms. The summed E-state index contributed by atoms with van der Waals surface area (Å²) in [4.78, 5) is 29.8. The minimum Gasteiger partial charge on any atom is -0.458 e. The van der Waals surface area contributed by atoms with Gasteiger partial charge in [-0.25, -0.2) is 4.79 Å². The third-order valence-electron chi connectivity index (χ3n) is 15.5. The van der Waals surface area contributed by atoms with E-state index in [0.717, 1.165) is 44.5 Å². The van der Waals surface area contributed by atoms with Gasteiger partial charge >= 0.3 is 5.97 Å². The molecule has 0 aliphatic carbocycles. The summed E-state index contributed by atoms with van der Waals surface area (Å²) in [6.07, 6.45) is -8.05. The van der Waals surface area contributed by atoms with Crippen LogP contribution in [-0.4, -0.2) is 110 Å². The molecule has 0 bridgehead atoms. The highest BCUT2D eigenvalue weighted by molar-refractivity contribution is 5.78. The van der Waals surface area contributed by atoms with E-state index in [0.29, 0.717) is 13.1 Å². The van der Waals surface area contributed by atoms with Crippen molar-refractivity contribution in [2.45, 2.75) is 134 Å². The molecule has 0 unspecified atom stereocenters. The molecule has 91 heavy (non-hydrogen) atoms. The second-order valence-corrected chi connectivity index (χ2v) is 23.9. The molecule has 2 aliphatic heterocycles. The highest BCUT2D eigenvalue weighted by Crippen LogP contribution is 2.43. The lowest BCUT2D eigenvalue weighted by Crippen LogP contribution is -2.65. The monoisotopic (exact) mass is 1230 g/mol. The van der Waals surface area contributed by atoms with Crippen molar-refractivity contribution in [3.63, 3.8) is 0 Å². The molecule has 8 aromatic rings. The number of hydrogen-bond acceptors (Lipinski definition) is 14. The fourth-order valence-corrected chi connectivity index (χ4v) is 11.2. The van der Waals surface area contributed by atoms with Crippen LogP contribution in [0, 0.1) is 0 Å². The van der Waals surface area contributed by atoms with Gasteiger partial charge in [0.15, 0.2) is 6.29 Å². The molecule has 0 spiro atoms. The first-order valence-electron chi connectivity index (χ1n) is 31.3. The van der Waals surface area contributed by atoms with E-state index in [9.17, 15) is 9.59 Å². The maximum Gasteiger partial charge on any atom is 0.332 e. The molecule has 0 aromatic heterocycles. The van der Waals surface area contributed by atoms with Gasteiger partial charge < -0.3 is 57.4 Å². The number of esters is 1. The van der Waals surface area contributed by atoms with Crippen LogP contribution in [-0.2, 0) is 114 Å².